The molecule has 1 N–H and O–H groups in total. The lowest BCUT2D eigenvalue weighted by molar-refractivity contribution is -0.116. The van der Waals surface area contributed by atoms with Crippen molar-refractivity contribution in [2.45, 2.75) is 13.8 Å². The van der Waals surface area contributed by atoms with Crippen molar-refractivity contribution < 1.29 is 9.59 Å². The molecule has 0 aliphatic heterocycles. The molecule has 20 heavy (non-hydrogen) atoms. The average Bonchev–Trinajstić information content (AvgIpc) is 3.07. The summed E-state index contributed by atoms with van der Waals surface area (Å²) < 4.78 is 0. The van der Waals surface area contributed by atoms with Gasteiger partial charge in [0.15, 0.2) is 5.13 Å². The van der Waals surface area contributed by atoms with Crippen LogP contribution in [0.4, 0.5) is 5.13 Å². The third kappa shape index (κ3) is 3.64. The van der Waals surface area contributed by atoms with Gasteiger partial charge in [-0.25, -0.2) is 4.98 Å². The molecule has 7 heteroatoms. The van der Waals surface area contributed by atoms with Crippen LogP contribution >= 0.6 is 22.7 Å². The SMILES string of the molecule is CCN(CC(=O)Nc1nc(C)cs1)C(=O)c1cccs1. The van der Waals surface area contributed by atoms with Crippen molar-refractivity contribution in [1.82, 2.24) is 9.88 Å². The third-order valence-electron chi connectivity index (χ3n) is 2.60. The molecule has 0 radical (unpaired) electrons. The van der Waals surface area contributed by atoms with E-state index in [-0.39, 0.29) is 18.4 Å². The smallest absolute Gasteiger partial charge is 0.264 e. The monoisotopic (exact) mass is 309 g/mol. The van der Waals surface area contributed by atoms with E-state index in [0.717, 1.165) is 5.69 Å². The summed E-state index contributed by atoms with van der Waals surface area (Å²) in [5.41, 5.74) is 0.868. The van der Waals surface area contributed by atoms with Crippen LogP contribution in [0.3, 0.4) is 0 Å². The van der Waals surface area contributed by atoms with Gasteiger partial charge in [-0.1, -0.05) is 6.07 Å². The van der Waals surface area contributed by atoms with E-state index < -0.39 is 0 Å². The number of aromatic nitrogens is 1. The molecule has 106 valence electrons. The largest absolute Gasteiger partial charge is 0.329 e. The van der Waals surface area contributed by atoms with Crippen LogP contribution in [-0.4, -0.2) is 34.8 Å². The number of rotatable bonds is 5. The van der Waals surface area contributed by atoms with Crippen molar-refractivity contribution in [3.63, 3.8) is 0 Å². The molecule has 0 aliphatic rings. The molecule has 2 aromatic heterocycles. The summed E-state index contributed by atoms with van der Waals surface area (Å²) in [5, 5.41) is 6.98. The zero-order valence-corrected chi connectivity index (χ0v) is 12.9. The molecule has 2 amide bonds. The number of nitrogens with zero attached hydrogens (tertiary/aromatic N) is 2. The Balaban J connectivity index is 1.96. The second kappa shape index (κ2) is 6.62. The Hall–Kier alpha value is -1.73. The number of hydrogen-bond acceptors (Lipinski definition) is 5. The van der Waals surface area contributed by atoms with E-state index in [1.54, 1.807) is 6.07 Å². The molecule has 0 saturated carbocycles. The van der Waals surface area contributed by atoms with Gasteiger partial charge in [-0.2, -0.15) is 0 Å². The van der Waals surface area contributed by atoms with Crippen LogP contribution in [0.1, 0.15) is 22.3 Å². The van der Waals surface area contributed by atoms with E-state index in [9.17, 15) is 9.59 Å². The number of thiophene rings is 1. The van der Waals surface area contributed by atoms with E-state index in [0.29, 0.717) is 16.6 Å². The summed E-state index contributed by atoms with van der Waals surface area (Å²) in [6, 6.07) is 3.59. The highest BCUT2D eigenvalue weighted by molar-refractivity contribution is 7.14. The maximum atomic E-state index is 12.2. The Kier molecular flexibility index (Phi) is 4.86. The van der Waals surface area contributed by atoms with Crippen LogP contribution in [0.15, 0.2) is 22.9 Å². The first-order valence-electron chi connectivity index (χ1n) is 6.15. The topological polar surface area (TPSA) is 62.3 Å². The summed E-state index contributed by atoms with van der Waals surface area (Å²) in [4.78, 5) is 30.4. The van der Waals surface area contributed by atoms with Gasteiger partial charge in [-0.3, -0.25) is 9.59 Å². The van der Waals surface area contributed by atoms with E-state index in [1.165, 1.54) is 27.6 Å². The third-order valence-corrected chi connectivity index (χ3v) is 4.33. The zero-order valence-electron chi connectivity index (χ0n) is 11.3. The molecule has 0 saturated heterocycles. The maximum Gasteiger partial charge on any atom is 0.264 e. The van der Waals surface area contributed by atoms with Crippen LogP contribution in [0.2, 0.25) is 0 Å². The normalized spacial score (nSPS) is 10.3. The molecule has 5 nitrogen and oxygen atoms in total. The molecule has 2 heterocycles. The summed E-state index contributed by atoms with van der Waals surface area (Å²) >= 11 is 2.75. The second-order valence-electron chi connectivity index (χ2n) is 4.14. The Morgan fingerprint density at radius 2 is 2.20 bits per heavy atom. The fourth-order valence-electron chi connectivity index (χ4n) is 1.63. The molecular formula is C13H15N3O2S2. The number of aryl methyl sites for hydroxylation is 1. The molecule has 2 rings (SSSR count). The molecule has 0 aliphatic carbocycles. The molecule has 2 aromatic rings. The average molecular weight is 309 g/mol. The molecule has 0 spiro atoms. The number of carbonyl (C=O) groups is 2. The Morgan fingerprint density at radius 3 is 2.75 bits per heavy atom. The predicted molar refractivity (Wildman–Crippen MR) is 81.4 cm³/mol. The zero-order chi connectivity index (χ0) is 14.5. The number of thiazole rings is 1. The fourth-order valence-corrected chi connectivity index (χ4v) is 3.02. The Morgan fingerprint density at radius 1 is 1.40 bits per heavy atom. The lowest BCUT2D eigenvalue weighted by Gasteiger charge is -2.19. The summed E-state index contributed by atoms with van der Waals surface area (Å²) in [7, 11) is 0. The second-order valence-corrected chi connectivity index (χ2v) is 5.94. The van der Waals surface area contributed by atoms with E-state index in [1.807, 2.05) is 30.7 Å². The van der Waals surface area contributed by atoms with Crippen molar-refractivity contribution in [3.8, 4) is 0 Å². The standard InChI is InChI=1S/C13H15N3O2S2/c1-3-16(12(18)10-5-4-6-19-10)7-11(17)15-13-14-9(2)8-20-13/h4-6,8H,3,7H2,1-2H3,(H,14,15,17). The maximum absolute atomic E-state index is 12.2. The highest BCUT2D eigenvalue weighted by Crippen LogP contribution is 2.15. The first-order chi connectivity index (χ1) is 9.60. The fraction of sp³-hybridized carbons (Fsp3) is 0.308. The number of likely N-dealkylation sites (N-methyl/N-ethyl adjacent to an activating group) is 1. The minimum atomic E-state index is -0.230. The minimum absolute atomic E-state index is 0.0336. The van der Waals surface area contributed by atoms with Crippen molar-refractivity contribution in [1.29, 1.82) is 0 Å². The number of hydrogen-bond donors (Lipinski definition) is 1. The first-order valence-corrected chi connectivity index (χ1v) is 7.91. The van der Waals surface area contributed by atoms with Gasteiger partial charge in [-0.15, -0.1) is 22.7 Å². The van der Waals surface area contributed by atoms with Gasteiger partial charge in [0.2, 0.25) is 5.91 Å². The van der Waals surface area contributed by atoms with Gasteiger partial charge in [0.25, 0.3) is 5.91 Å². The molecule has 0 fully saturated rings. The highest BCUT2D eigenvalue weighted by Gasteiger charge is 2.18. The summed E-state index contributed by atoms with van der Waals surface area (Å²) in [5.74, 6) is -0.348. The van der Waals surface area contributed by atoms with Crippen molar-refractivity contribution >= 4 is 39.6 Å². The highest BCUT2D eigenvalue weighted by atomic mass is 32.1. The van der Waals surface area contributed by atoms with Crippen molar-refractivity contribution in [3.05, 3.63) is 33.5 Å². The Labute approximate surface area is 125 Å². The molecule has 0 unspecified atom stereocenters. The van der Waals surface area contributed by atoms with Crippen LogP contribution in [0, 0.1) is 6.92 Å². The van der Waals surface area contributed by atoms with Crippen molar-refractivity contribution in [2.75, 3.05) is 18.4 Å². The van der Waals surface area contributed by atoms with Gasteiger partial charge in [0.05, 0.1) is 10.6 Å². The van der Waals surface area contributed by atoms with Gasteiger partial charge < -0.3 is 10.2 Å². The molecular weight excluding hydrogens is 294 g/mol. The van der Waals surface area contributed by atoms with Gasteiger partial charge >= 0.3 is 0 Å². The van der Waals surface area contributed by atoms with Gasteiger partial charge in [-0.05, 0) is 25.3 Å². The minimum Gasteiger partial charge on any atom is -0.329 e. The van der Waals surface area contributed by atoms with E-state index in [2.05, 4.69) is 10.3 Å². The van der Waals surface area contributed by atoms with Gasteiger partial charge in [0, 0.05) is 11.9 Å². The Bertz CT molecular complexity index is 593. The summed E-state index contributed by atoms with van der Waals surface area (Å²) in [6.07, 6.45) is 0. The quantitative estimate of drug-likeness (QED) is 0.923. The number of nitrogens with one attached hydrogen (secondary N) is 1. The molecule has 0 aromatic carbocycles. The van der Waals surface area contributed by atoms with Gasteiger partial charge in [0.1, 0.15) is 6.54 Å². The number of carbonyl (C=O) groups excluding carboxylic acids is 2. The van der Waals surface area contributed by atoms with Crippen molar-refractivity contribution in [2.24, 2.45) is 0 Å². The number of anilines is 1. The van der Waals surface area contributed by atoms with Crippen LogP contribution in [0.5, 0.6) is 0 Å². The molecule has 0 bridgehead atoms. The predicted octanol–water partition coefficient (Wildman–Crippen LogP) is 2.61. The van der Waals surface area contributed by atoms with E-state index >= 15 is 0 Å². The van der Waals surface area contributed by atoms with Crippen LogP contribution < -0.4 is 5.32 Å². The first kappa shape index (κ1) is 14.7. The number of amides is 2. The van der Waals surface area contributed by atoms with E-state index in [4.69, 9.17) is 0 Å². The molecule has 0 atom stereocenters. The van der Waals surface area contributed by atoms with Crippen LogP contribution in [-0.2, 0) is 4.79 Å². The lowest BCUT2D eigenvalue weighted by atomic mass is 10.3. The van der Waals surface area contributed by atoms with Crippen LogP contribution in [0.25, 0.3) is 0 Å². The lowest BCUT2D eigenvalue weighted by Crippen LogP contribution is -2.37. The summed E-state index contributed by atoms with van der Waals surface area (Å²) in [6.45, 7) is 4.24.